The van der Waals surface area contributed by atoms with Crippen LogP contribution < -0.4 is 5.46 Å². The highest BCUT2D eigenvalue weighted by Crippen LogP contribution is 2.09. The molecular weight excluding hydrogens is 253 g/mol. The van der Waals surface area contributed by atoms with Gasteiger partial charge in [0.25, 0.3) is 0 Å². The first kappa shape index (κ1) is 14.4. The number of hydrogen-bond donors (Lipinski definition) is 0. The topological polar surface area (TPSA) is 27.7 Å². The van der Waals surface area contributed by atoms with Crippen LogP contribution in [0.15, 0.2) is 18.2 Å². The normalized spacial score (nSPS) is 16.9. The molecule has 2 rings (SSSR count). The van der Waals surface area contributed by atoms with E-state index in [1.165, 1.54) is 6.07 Å². The summed E-state index contributed by atoms with van der Waals surface area (Å²) < 4.78 is 42.4. The zero-order valence-corrected chi connectivity index (χ0v) is 10.9. The Hall–Kier alpha value is -0.975. The Bertz CT molecular complexity index is 409. The molecule has 104 valence electrons. The maximum atomic E-state index is 13.1. The van der Waals surface area contributed by atoms with Gasteiger partial charge in [0.1, 0.15) is 6.10 Å². The van der Waals surface area contributed by atoms with Crippen molar-refractivity contribution in [2.24, 2.45) is 0 Å². The molecule has 0 N–H and O–H groups in total. The fraction of sp³-hybridized carbons (Fsp3) is 0.538. The third-order valence-electron chi connectivity index (χ3n) is 2.93. The van der Waals surface area contributed by atoms with Gasteiger partial charge in [0.2, 0.25) is 0 Å². The molecule has 0 saturated carbocycles. The molecule has 0 bridgehead atoms. The highest BCUT2D eigenvalue weighted by molar-refractivity contribution is 6.61. The highest BCUT2D eigenvalue weighted by Gasteiger charge is 2.30. The lowest BCUT2D eigenvalue weighted by Gasteiger charge is -2.27. The Morgan fingerprint density at radius 3 is 2.63 bits per heavy atom. The van der Waals surface area contributed by atoms with Crippen molar-refractivity contribution in [2.75, 3.05) is 19.8 Å². The van der Waals surface area contributed by atoms with Crippen LogP contribution in [0.3, 0.4) is 0 Å². The van der Waals surface area contributed by atoms with Crippen molar-refractivity contribution in [1.82, 2.24) is 0 Å². The van der Waals surface area contributed by atoms with E-state index in [9.17, 15) is 8.78 Å². The van der Waals surface area contributed by atoms with E-state index in [0.717, 1.165) is 25.0 Å². The second-order valence-corrected chi connectivity index (χ2v) is 4.52. The number of rotatable bonds is 5. The van der Waals surface area contributed by atoms with E-state index in [1.54, 1.807) is 0 Å². The summed E-state index contributed by atoms with van der Waals surface area (Å²) in [5.74, 6) is -1.77. The molecule has 0 spiro atoms. The van der Waals surface area contributed by atoms with Crippen molar-refractivity contribution in [1.29, 1.82) is 0 Å². The van der Waals surface area contributed by atoms with Gasteiger partial charge in [0, 0.05) is 6.61 Å². The fourth-order valence-corrected chi connectivity index (χ4v) is 1.83. The predicted molar refractivity (Wildman–Crippen MR) is 68.3 cm³/mol. The van der Waals surface area contributed by atoms with Crippen LogP contribution >= 0.6 is 0 Å². The fourth-order valence-electron chi connectivity index (χ4n) is 1.83. The van der Waals surface area contributed by atoms with Gasteiger partial charge in [-0.2, -0.15) is 0 Å². The minimum absolute atomic E-state index is 0.0897. The Morgan fingerprint density at radius 2 is 2.00 bits per heavy atom. The summed E-state index contributed by atoms with van der Waals surface area (Å²) in [5, 5.41) is 0. The minimum atomic E-state index is -0.897. The van der Waals surface area contributed by atoms with Crippen molar-refractivity contribution in [3.63, 3.8) is 0 Å². The van der Waals surface area contributed by atoms with Gasteiger partial charge in [-0.1, -0.05) is 19.4 Å². The Kier molecular flexibility index (Phi) is 5.30. The Balaban J connectivity index is 1.84. The summed E-state index contributed by atoms with van der Waals surface area (Å²) in [5.41, 5.74) is 0.478. The molecule has 1 fully saturated rings. The molecule has 19 heavy (non-hydrogen) atoms. The van der Waals surface area contributed by atoms with Gasteiger partial charge in [-0.3, -0.25) is 0 Å². The van der Waals surface area contributed by atoms with Gasteiger partial charge >= 0.3 is 7.12 Å². The quantitative estimate of drug-likeness (QED) is 0.604. The molecule has 0 radical (unpaired) electrons. The van der Waals surface area contributed by atoms with Gasteiger partial charge < -0.3 is 14.0 Å². The molecule has 1 aliphatic heterocycles. The van der Waals surface area contributed by atoms with Crippen LogP contribution in [-0.2, 0) is 14.0 Å². The molecule has 0 unspecified atom stereocenters. The second kappa shape index (κ2) is 6.98. The zero-order valence-electron chi connectivity index (χ0n) is 10.9. The second-order valence-electron chi connectivity index (χ2n) is 4.52. The molecule has 1 aromatic rings. The van der Waals surface area contributed by atoms with Crippen LogP contribution in [0.5, 0.6) is 0 Å². The Labute approximate surface area is 112 Å². The Morgan fingerprint density at radius 1 is 1.26 bits per heavy atom. The van der Waals surface area contributed by atoms with E-state index in [0.29, 0.717) is 25.3 Å². The number of unbranched alkanes of at least 4 members (excludes halogenated alkanes) is 1. The van der Waals surface area contributed by atoms with E-state index in [1.807, 2.05) is 0 Å². The van der Waals surface area contributed by atoms with Crippen LogP contribution in [0.1, 0.15) is 19.8 Å². The smallest absolute Gasteiger partial charge is 0.404 e. The van der Waals surface area contributed by atoms with Crippen LogP contribution in [0.4, 0.5) is 8.78 Å². The summed E-state index contributed by atoms with van der Waals surface area (Å²) in [4.78, 5) is 0. The molecule has 0 atom stereocenters. The average Bonchev–Trinajstić information content (AvgIpc) is 2.43. The van der Waals surface area contributed by atoms with Gasteiger partial charge in [-0.05, 0) is 24.0 Å². The predicted octanol–water partition coefficient (Wildman–Crippen LogP) is 1.89. The highest BCUT2D eigenvalue weighted by atomic mass is 19.2. The van der Waals surface area contributed by atoms with Crippen molar-refractivity contribution < 1.29 is 22.8 Å². The molecular formula is C13H17BF2O3. The van der Waals surface area contributed by atoms with Crippen molar-refractivity contribution in [3.8, 4) is 0 Å². The van der Waals surface area contributed by atoms with Crippen molar-refractivity contribution in [3.05, 3.63) is 29.8 Å². The average molecular weight is 270 g/mol. The van der Waals surface area contributed by atoms with Gasteiger partial charge in [-0.15, -0.1) is 0 Å². The van der Waals surface area contributed by atoms with Crippen molar-refractivity contribution >= 4 is 12.6 Å². The minimum Gasteiger partial charge on any atom is -0.404 e. The first-order valence-electron chi connectivity index (χ1n) is 6.50. The zero-order chi connectivity index (χ0) is 13.7. The number of halogens is 2. The molecule has 0 aromatic heterocycles. The standard InChI is InChI=1S/C13H17BF2O3/c1-2-3-6-17-11-8-18-14(19-9-11)10-4-5-12(15)13(16)7-10/h4-5,7,11H,2-3,6,8-9H2,1H3. The molecule has 3 nitrogen and oxygen atoms in total. The van der Waals surface area contributed by atoms with Crippen LogP contribution in [0, 0.1) is 11.6 Å². The monoisotopic (exact) mass is 270 g/mol. The van der Waals surface area contributed by atoms with E-state index < -0.39 is 18.8 Å². The van der Waals surface area contributed by atoms with Crippen LogP contribution in [-0.4, -0.2) is 33.0 Å². The molecule has 1 aliphatic rings. The number of hydrogen-bond acceptors (Lipinski definition) is 3. The van der Waals surface area contributed by atoms with E-state index >= 15 is 0 Å². The van der Waals surface area contributed by atoms with Gasteiger partial charge in [0.15, 0.2) is 11.6 Å². The maximum Gasteiger partial charge on any atom is 0.494 e. The SMILES string of the molecule is CCCCOC1COB(c2ccc(F)c(F)c2)OC1. The third kappa shape index (κ3) is 3.99. The number of benzene rings is 1. The first-order chi connectivity index (χ1) is 9.20. The molecule has 6 heteroatoms. The lowest BCUT2D eigenvalue weighted by atomic mass is 9.78. The van der Waals surface area contributed by atoms with Crippen LogP contribution in [0.25, 0.3) is 0 Å². The van der Waals surface area contributed by atoms with Crippen LogP contribution in [0.2, 0.25) is 0 Å². The summed E-state index contributed by atoms with van der Waals surface area (Å²) >= 11 is 0. The third-order valence-corrected chi connectivity index (χ3v) is 2.93. The molecule has 0 amide bonds. The first-order valence-corrected chi connectivity index (χ1v) is 6.50. The summed E-state index contributed by atoms with van der Waals surface area (Å²) in [6, 6.07) is 3.63. The van der Waals surface area contributed by atoms with E-state index in [-0.39, 0.29) is 6.10 Å². The van der Waals surface area contributed by atoms with E-state index in [2.05, 4.69) is 6.92 Å². The summed E-state index contributed by atoms with van der Waals surface area (Å²) in [6.07, 6.45) is 1.99. The summed E-state index contributed by atoms with van der Waals surface area (Å²) in [7, 11) is -0.652. The summed E-state index contributed by atoms with van der Waals surface area (Å²) in [6.45, 7) is 3.57. The van der Waals surface area contributed by atoms with Gasteiger partial charge in [0.05, 0.1) is 13.2 Å². The molecule has 1 heterocycles. The molecule has 1 aromatic carbocycles. The van der Waals surface area contributed by atoms with Crippen molar-refractivity contribution in [2.45, 2.75) is 25.9 Å². The van der Waals surface area contributed by atoms with Gasteiger partial charge in [-0.25, -0.2) is 8.78 Å². The maximum absolute atomic E-state index is 13.1. The largest absolute Gasteiger partial charge is 0.494 e. The number of ether oxygens (including phenoxy) is 1. The lowest BCUT2D eigenvalue weighted by molar-refractivity contribution is -0.0429. The van der Waals surface area contributed by atoms with E-state index in [4.69, 9.17) is 14.0 Å². The lowest BCUT2D eigenvalue weighted by Crippen LogP contribution is -2.47. The molecule has 0 aliphatic carbocycles. The molecule has 1 saturated heterocycles.